The van der Waals surface area contributed by atoms with Crippen LogP contribution in [0.4, 0.5) is 23.2 Å². The average Bonchev–Trinajstić information content (AvgIpc) is 3.28. The maximum atomic E-state index is 14.6. The monoisotopic (exact) mass is 486 g/mol. The van der Waals surface area contributed by atoms with Crippen molar-refractivity contribution in [2.75, 3.05) is 24.2 Å². The maximum absolute atomic E-state index is 14.6. The summed E-state index contributed by atoms with van der Waals surface area (Å²) in [4.78, 5) is 11.9. The van der Waals surface area contributed by atoms with Crippen molar-refractivity contribution in [3.05, 3.63) is 60.1 Å². The number of nitrogens with one attached hydrogen (secondary N) is 2. The first-order valence-corrected chi connectivity index (χ1v) is 12.0. The highest BCUT2D eigenvalue weighted by Crippen LogP contribution is 2.35. The van der Waals surface area contributed by atoms with Crippen LogP contribution in [0.25, 0.3) is 0 Å². The van der Waals surface area contributed by atoms with E-state index >= 15 is 0 Å². The van der Waals surface area contributed by atoms with Gasteiger partial charge in [-0.25, -0.2) is 27.1 Å². The number of nitrogens with zero attached hydrogens (tertiary/aromatic N) is 4. The summed E-state index contributed by atoms with van der Waals surface area (Å²) in [6.45, 7) is 0.535. The smallest absolute Gasteiger partial charge is 0.343 e. The van der Waals surface area contributed by atoms with Crippen LogP contribution < -0.4 is 10.2 Å². The quantitative estimate of drug-likeness (QED) is 0.634. The van der Waals surface area contributed by atoms with Gasteiger partial charge in [-0.1, -0.05) is 12.1 Å². The van der Waals surface area contributed by atoms with E-state index in [4.69, 9.17) is 0 Å². The first kappa shape index (κ1) is 23.4. The first-order valence-electron chi connectivity index (χ1n) is 10.1. The molecule has 0 aliphatic carbocycles. The molecule has 8 nitrogen and oxygen atoms in total. The number of benzene rings is 1. The fraction of sp³-hybridized carbons (Fsp3) is 0.400. The van der Waals surface area contributed by atoms with Crippen LogP contribution in [0.15, 0.2) is 53.6 Å². The van der Waals surface area contributed by atoms with Gasteiger partial charge in [0.15, 0.2) is 6.29 Å². The third kappa shape index (κ3) is 5.09. The number of imidazole rings is 1. The predicted octanol–water partition coefficient (Wildman–Crippen LogP) is 2.60. The third-order valence-corrected chi connectivity index (χ3v) is 6.84. The lowest BCUT2D eigenvalue weighted by Gasteiger charge is -2.38. The molecule has 1 aromatic heterocycles. The van der Waals surface area contributed by atoms with Crippen LogP contribution >= 0.6 is 0 Å². The van der Waals surface area contributed by atoms with Crippen LogP contribution in [0.1, 0.15) is 18.5 Å². The topological polar surface area (TPSA) is 93.7 Å². The number of para-hydroxylation sites is 1. The molecule has 1 saturated heterocycles. The standard InChI is InChI=1S/C20H22F4N6O2S/c1-33(31,32)29-8-6-13(7-9-29)27-19-28-18(16-10-25-12-26-16)14(20(22,23)24)11-30(19)17-5-3-2-4-15(17)21/h2-5,10-13,19,27H,6-9H2,1H3,(H,25,26). The van der Waals surface area contributed by atoms with Crippen LogP contribution in [0.2, 0.25) is 0 Å². The van der Waals surface area contributed by atoms with E-state index < -0.39 is 33.9 Å². The van der Waals surface area contributed by atoms with Crippen molar-refractivity contribution >= 4 is 21.4 Å². The van der Waals surface area contributed by atoms with Gasteiger partial charge < -0.3 is 9.88 Å². The van der Waals surface area contributed by atoms with Crippen LogP contribution in [-0.4, -0.2) is 66.3 Å². The van der Waals surface area contributed by atoms with E-state index in [0.29, 0.717) is 12.8 Å². The maximum Gasteiger partial charge on any atom is 0.419 e. The molecule has 0 bridgehead atoms. The number of aromatic nitrogens is 2. The Morgan fingerprint density at radius 3 is 2.45 bits per heavy atom. The number of rotatable bonds is 5. The number of allylic oxidation sites excluding steroid dienone is 1. The third-order valence-electron chi connectivity index (χ3n) is 5.54. The molecule has 2 aliphatic heterocycles. The van der Waals surface area contributed by atoms with Crippen molar-refractivity contribution in [3.63, 3.8) is 0 Å². The number of alkyl halides is 3. The Kier molecular flexibility index (Phi) is 6.29. The Labute approximate surface area is 188 Å². The number of piperidine rings is 1. The van der Waals surface area contributed by atoms with E-state index in [9.17, 15) is 26.0 Å². The van der Waals surface area contributed by atoms with E-state index in [1.807, 2.05) is 0 Å². The molecule has 3 heterocycles. The van der Waals surface area contributed by atoms with Crippen LogP contribution in [0, 0.1) is 5.82 Å². The second-order valence-corrected chi connectivity index (χ2v) is 9.80. The minimum atomic E-state index is -4.75. The highest BCUT2D eigenvalue weighted by molar-refractivity contribution is 7.88. The summed E-state index contributed by atoms with van der Waals surface area (Å²) in [5.41, 5.74) is -1.39. The summed E-state index contributed by atoms with van der Waals surface area (Å²) in [7, 11) is -3.33. The molecule has 4 rings (SSSR count). The molecule has 2 aliphatic rings. The number of aliphatic imine (C=N–C) groups is 1. The van der Waals surface area contributed by atoms with E-state index in [0.717, 1.165) is 23.4 Å². The van der Waals surface area contributed by atoms with E-state index in [1.165, 1.54) is 35.0 Å². The Morgan fingerprint density at radius 1 is 1.18 bits per heavy atom. The summed E-state index contributed by atoms with van der Waals surface area (Å²) in [6, 6.07) is 5.26. The van der Waals surface area contributed by atoms with Gasteiger partial charge in [-0.05, 0) is 25.0 Å². The van der Waals surface area contributed by atoms with E-state index in [2.05, 4.69) is 20.3 Å². The number of halogens is 4. The molecule has 178 valence electrons. The Hall–Kier alpha value is -2.77. The zero-order valence-corrected chi connectivity index (χ0v) is 18.4. The normalized spacial score (nSPS) is 21.1. The number of sulfonamides is 1. The molecular weight excluding hydrogens is 464 g/mol. The summed E-state index contributed by atoms with van der Waals surface area (Å²) in [5.74, 6) is -0.700. The second-order valence-electron chi connectivity index (χ2n) is 7.82. The van der Waals surface area contributed by atoms with Gasteiger partial charge in [0.2, 0.25) is 10.0 Å². The van der Waals surface area contributed by atoms with Crippen molar-refractivity contribution in [1.82, 2.24) is 19.6 Å². The van der Waals surface area contributed by atoms with Gasteiger partial charge in [0.25, 0.3) is 0 Å². The first-order chi connectivity index (χ1) is 15.5. The highest BCUT2D eigenvalue weighted by Gasteiger charge is 2.42. The Morgan fingerprint density at radius 2 is 1.88 bits per heavy atom. The largest absolute Gasteiger partial charge is 0.419 e. The van der Waals surface area contributed by atoms with Gasteiger partial charge in [0.05, 0.1) is 35.7 Å². The summed E-state index contributed by atoms with van der Waals surface area (Å²) < 4.78 is 81.3. The molecule has 1 aromatic carbocycles. The molecule has 1 atom stereocenters. The molecule has 0 amide bonds. The molecule has 1 unspecified atom stereocenters. The van der Waals surface area contributed by atoms with Crippen LogP contribution in [0.5, 0.6) is 0 Å². The minimum absolute atomic E-state index is 0.0715. The highest BCUT2D eigenvalue weighted by atomic mass is 32.2. The number of aromatic amines is 1. The van der Waals surface area contributed by atoms with Gasteiger partial charge >= 0.3 is 6.18 Å². The molecule has 0 spiro atoms. The lowest BCUT2D eigenvalue weighted by molar-refractivity contribution is -0.0865. The van der Waals surface area contributed by atoms with Gasteiger partial charge in [-0.3, -0.25) is 5.32 Å². The molecule has 33 heavy (non-hydrogen) atoms. The second kappa shape index (κ2) is 8.88. The predicted molar refractivity (Wildman–Crippen MR) is 115 cm³/mol. The van der Waals surface area contributed by atoms with Gasteiger partial charge in [0.1, 0.15) is 11.5 Å². The number of H-pyrrole nitrogens is 1. The van der Waals surface area contributed by atoms with Crippen molar-refractivity contribution in [2.45, 2.75) is 31.3 Å². The zero-order valence-electron chi connectivity index (χ0n) is 17.6. The summed E-state index contributed by atoms with van der Waals surface area (Å²) >= 11 is 0. The van der Waals surface area contributed by atoms with E-state index in [1.54, 1.807) is 0 Å². The fourth-order valence-electron chi connectivity index (χ4n) is 3.88. The summed E-state index contributed by atoms with van der Waals surface area (Å²) in [5, 5.41) is 3.17. The number of hydrogen-bond donors (Lipinski definition) is 2. The number of hydrogen-bond acceptors (Lipinski definition) is 6. The summed E-state index contributed by atoms with van der Waals surface area (Å²) in [6.07, 6.45) is -0.493. The molecule has 13 heteroatoms. The zero-order chi connectivity index (χ0) is 23.8. The lowest BCUT2D eigenvalue weighted by Crippen LogP contribution is -2.53. The van der Waals surface area contributed by atoms with Gasteiger partial charge in [-0.2, -0.15) is 13.2 Å². The Balaban J connectivity index is 1.69. The van der Waals surface area contributed by atoms with Crippen molar-refractivity contribution in [3.8, 4) is 0 Å². The fourth-order valence-corrected chi connectivity index (χ4v) is 4.75. The van der Waals surface area contributed by atoms with Crippen molar-refractivity contribution < 1.29 is 26.0 Å². The lowest BCUT2D eigenvalue weighted by atomic mass is 10.0. The SMILES string of the molecule is CS(=O)(=O)N1CCC(NC2N=C(c3cnc[nH]3)C(C(F)(F)F)=CN2c2ccccc2F)CC1. The average molecular weight is 486 g/mol. The van der Waals surface area contributed by atoms with E-state index in [-0.39, 0.29) is 36.2 Å². The molecule has 2 N–H and O–H groups in total. The van der Waals surface area contributed by atoms with Crippen LogP contribution in [0.3, 0.4) is 0 Å². The molecular formula is C20H22F4N6O2S. The molecule has 0 radical (unpaired) electrons. The number of anilines is 1. The molecule has 1 fully saturated rings. The molecule has 0 saturated carbocycles. The van der Waals surface area contributed by atoms with Crippen molar-refractivity contribution in [1.29, 1.82) is 0 Å². The molecule has 2 aromatic rings. The van der Waals surface area contributed by atoms with Gasteiger partial charge in [-0.15, -0.1) is 0 Å². The minimum Gasteiger partial charge on any atom is -0.343 e. The van der Waals surface area contributed by atoms with Crippen molar-refractivity contribution in [2.24, 2.45) is 4.99 Å². The Bertz CT molecular complexity index is 1160. The van der Waals surface area contributed by atoms with Crippen LogP contribution in [-0.2, 0) is 10.0 Å². The van der Waals surface area contributed by atoms with Gasteiger partial charge in [0, 0.05) is 25.3 Å².